The summed E-state index contributed by atoms with van der Waals surface area (Å²) in [5, 5.41) is 17.5. The zero-order valence-corrected chi connectivity index (χ0v) is 10.1. The highest BCUT2D eigenvalue weighted by atomic mass is 16.4. The fraction of sp³-hybridized carbons (Fsp3) is 0.727. The van der Waals surface area contributed by atoms with E-state index < -0.39 is 11.4 Å². The van der Waals surface area contributed by atoms with Crippen LogP contribution < -0.4 is 0 Å². The van der Waals surface area contributed by atoms with Gasteiger partial charge in [0.05, 0.1) is 17.9 Å². The molecule has 0 aromatic carbocycles. The van der Waals surface area contributed by atoms with Crippen molar-refractivity contribution in [3.8, 4) is 6.07 Å². The van der Waals surface area contributed by atoms with Crippen molar-refractivity contribution in [2.75, 3.05) is 26.7 Å². The van der Waals surface area contributed by atoms with Gasteiger partial charge in [-0.05, 0) is 13.3 Å². The van der Waals surface area contributed by atoms with E-state index >= 15 is 0 Å². The van der Waals surface area contributed by atoms with Crippen LogP contribution >= 0.6 is 0 Å². The van der Waals surface area contributed by atoms with E-state index in [0.717, 1.165) is 0 Å². The lowest BCUT2D eigenvalue weighted by Crippen LogP contribution is -2.42. The Hall–Kier alpha value is -1.77. The third-order valence-electron chi connectivity index (χ3n) is 3.15. The number of likely N-dealkylation sites (tertiary alicyclic amines) is 1. The molecule has 1 N–H and O–H groups in total. The molecule has 1 fully saturated rings. The van der Waals surface area contributed by atoms with Gasteiger partial charge in [0.15, 0.2) is 0 Å². The van der Waals surface area contributed by atoms with Crippen molar-refractivity contribution in [1.29, 1.82) is 5.26 Å². The molecule has 0 spiro atoms. The standard InChI is InChI=1S/C11H17N3O3/c1-11(9(15)16)4-7-14(8-11)10(17)13(2)6-3-5-12/h3-4,6-8H2,1-2H3,(H,15,16). The minimum absolute atomic E-state index is 0.203. The fourth-order valence-corrected chi connectivity index (χ4v) is 1.85. The molecule has 0 saturated carbocycles. The number of carbonyl (C=O) groups is 2. The molecule has 0 bridgehead atoms. The van der Waals surface area contributed by atoms with E-state index in [1.165, 1.54) is 9.80 Å². The van der Waals surface area contributed by atoms with Crippen LogP contribution in [0.25, 0.3) is 0 Å². The van der Waals surface area contributed by atoms with Crippen LogP contribution in [0.5, 0.6) is 0 Å². The first kappa shape index (κ1) is 13.3. The Morgan fingerprint density at radius 2 is 2.24 bits per heavy atom. The van der Waals surface area contributed by atoms with Crippen LogP contribution in [-0.2, 0) is 4.79 Å². The molecule has 2 amide bonds. The number of nitrogens with zero attached hydrogens (tertiary/aromatic N) is 3. The summed E-state index contributed by atoms with van der Waals surface area (Å²) >= 11 is 0. The third-order valence-corrected chi connectivity index (χ3v) is 3.15. The molecule has 1 heterocycles. The number of hydrogen-bond donors (Lipinski definition) is 1. The van der Waals surface area contributed by atoms with Crippen molar-refractivity contribution < 1.29 is 14.7 Å². The average Bonchev–Trinajstić information content (AvgIpc) is 2.69. The van der Waals surface area contributed by atoms with Gasteiger partial charge >= 0.3 is 12.0 Å². The molecular weight excluding hydrogens is 222 g/mol. The van der Waals surface area contributed by atoms with E-state index in [4.69, 9.17) is 10.4 Å². The molecule has 1 unspecified atom stereocenters. The van der Waals surface area contributed by atoms with Crippen LogP contribution in [-0.4, -0.2) is 53.6 Å². The summed E-state index contributed by atoms with van der Waals surface area (Å²) in [5.74, 6) is -0.868. The second-order valence-corrected chi connectivity index (χ2v) is 4.65. The minimum atomic E-state index is -0.868. The van der Waals surface area contributed by atoms with Gasteiger partial charge in [-0.25, -0.2) is 4.79 Å². The predicted molar refractivity (Wildman–Crippen MR) is 60.2 cm³/mol. The van der Waals surface area contributed by atoms with Gasteiger partial charge in [-0.1, -0.05) is 0 Å². The molecule has 0 aromatic heterocycles. The number of nitriles is 1. The van der Waals surface area contributed by atoms with E-state index in [9.17, 15) is 9.59 Å². The topological polar surface area (TPSA) is 84.6 Å². The molecule has 1 rings (SSSR count). The lowest BCUT2D eigenvalue weighted by Gasteiger charge is -2.25. The van der Waals surface area contributed by atoms with Crippen molar-refractivity contribution in [2.24, 2.45) is 5.41 Å². The average molecular weight is 239 g/mol. The number of rotatable bonds is 3. The third kappa shape index (κ3) is 2.87. The molecule has 17 heavy (non-hydrogen) atoms. The van der Waals surface area contributed by atoms with Crippen molar-refractivity contribution in [1.82, 2.24) is 9.80 Å². The number of aliphatic carboxylic acids is 1. The maximum Gasteiger partial charge on any atom is 0.319 e. The maximum absolute atomic E-state index is 11.9. The van der Waals surface area contributed by atoms with E-state index in [-0.39, 0.29) is 19.0 Å². The molecule has 1 atom stereocenters. The van der Waals surface area contributed by atoms with Crippen LogP contribution in [0, 0.1) is 16.7 Å². The van der Waals surface area contributed by atoms with E-state index in [1.54, 1.807) is 14.0 Å². The Kier molecular flexibility index (Phi) is 3.94. The second-order valence-electron chi connectivity index (χ2n) is 4.65. The van der Waals surface area contributed by atoms with Gasteiger partial charge in [0, 0.05) is 26.7 Å². The monoisotopic (exact) mass is 239 g/mol. The largest absolute Gasteiger partial charge is 0.481 e. The SMILES string of the molecule is CN(CCC#N)C(=O)N1CCC(C)(C(=O)O)C1. The van der Waals surface area contributed by atoms with Crippen molar-refractivity contribution in [3.63, 3.8) is 0 Å². The lowest BCUT2D eigenvalue weighted by molar-refractivity contribution is -0.147. The first-order chi connectivity index (χ1) is 7.90. The quantitative estimate of drug-likeness (QED) is 0.787. The van der Waals surface area contributed by atoms with E-state index in [2.05, 4.69) is 0 Å². The number of carboxylic acid groups (broad SMARTS) is 1. The Bertz CT molecular complexity index is 363. The molecule has 0 aromatic rings. The molecule has 94 valence electrons. The van der Waals surface area contributed by atoms with E-state index in [0.29, 0.717) is 19.5 Å². The predicted octanol–water partition coefficient (Wildman–Crippen LogP) is 0.748. The van der Waals surface area contributed by atoms with E-state index in [1.807, 2.05) is 6.07 Å². The van der Waals surface area contributed by atoms with Crippen LogP contribution in [0.3, 0.4) is 0 Å². The summed E-state index contributed by atoms with van der Waals surface area (Å²) in [5.41, 5.74) is -0.842. The molecule has 0 radical (unpaired) electrons. The molecule has 1 aliphatic heterocycles. The molecule has 1 aliphatic rings. The summed E-state index contributed by atoms with van der Waals surface area (Å²) in [6.07, 6.45) is 0.756. The summed E-state index contributed by atoms with van der Waals surface area (Å²) < 4.78 is 0. The lowest BCUT2D eigenvalue weighted by atomic mass is 9.90. The van der Waals surface area contributed by atoms with Crippen LogP contribution in [0.15, 0.2) is 0 Å². The number of carbonyl (C=O) groups excluding carboxylic acids is 1. The van der Waals surface area contributed by atoms with Gasteiger partial charge in [-0.2, -0.15) is 5.26 Å². The zero-order chi connectivity index (χ0) is 13.1. The van der Waals surface area contributed by atoms with Gasteiger partial charge in [0.25, 0.3) is 0 Å². The first-order valence-corrected chi connectivity index (χ1v) is 5.51. The Labute approximate surface area is 100 Å². The Morgan fingerprint density at radius 3 is 2.71 bits per heavy atom. The highest BCUT2D eigenvalue weighted by Gasteiger charge is 2.42. The number of hydrogen-bond acceptors (Lipinski definition) is 3. The van der Waals surface area contributed by atoms with Gasteiger partial charge < -0.3 is 14.9 Å². The van der Waals surface area contributed by atoms with Gasteiger partial charge in [0.1, 0.15) is 0 Å². The normalized spacial score (nSPS) is 23.2. The minimum Gasteiger partial charge on any atom is -0.481 e. The maximum atomic E-state index is 11.9. The second kappa shape index (κ2) is 5.04. The Morgan fingerprint density at radius 1 is 1.59 bits per heavy atom. The molecular formula is C11H17N3O3. The van der Waals surface area contributed by atoms with Gasteiger partial charge in [-0.15, -0.1) is 0 Å². The fourth-order valence-electron chi connectivity index (χ4n) is 1.85. The van der Waals surface area contributed by atoms with Crippen molar-refractivity contribution in [3.05, 3.63) is 0 Å². The number of amides is 2. The van der Waals surface area contributed by atoms with Crippen molar-refractivity contribution in [2.45, 2.75) is 19.8 Å². The summed E-state index contributed by atoms with van der Waals surface area (Å²) in [6.45, 7) is 2.71. The molecule has 1 saturated heterocycles. The van der Waals surface area contributed by atoms with Crippen LogP contribution in [0.1, 0.15) is 19.8 Å². The highest BCUT2D eigenvalue weighted by Crippen LogP contribution is 2.30. The number of urea groups is 1. The smallest absolute Gasteiger partial charge is 0.319 e. The summed E-state index contributed by atoms with van der Waals surface area (Å²) in [7, 11) is 1.62. The molecule has 6 nitrogen and oxygen atoms in total. The highest BCUT2D eigenvalue weighted by molar-refractivity contribution is 5.79. The summed E-state index contributed by atoms with van der Waals surface area (Å²) in [4.78, 5) is 25.9. The zero-order valence-electron chi connectivity index (χ0n) is 10.1. The Balaban J connectivity index is 2.57. The van der Waals surface area contributed by atoms with Crippen molar-refractivity contribution >= 4 is 12.0 Å². The summed E-state index contributed by atoms with van der Waals surface area (Å²) in [6, 6.07) is 1.77. The molecule has 0 aliphatic carbocycles. The van der Waals surface area contributed by atoms with Crippen LogP contribution in [0.2, 0.25) is 0 Å². The van der Waals surface area contributed by atoms with Gasteiger partial charge in [-0.3, -0.25) is 4.79 Å². The van der Waals surface area contributed by atoms with Gasteiger partial charge in [0.2, 0.25) is 0 Å². The van der Waals surface area contributed by atoms with Crippen LogP contribution in [0.4, 0.5) is 4.79 Å². The first-order valence-electron chi connectivity index (χ1n) is 5.51. The molecule has 6 heteroatoms. The number of carboxylic acids is 1.